The zero-order valence-corrected chi connectivity index (χ0v) is 12.9. The quantitative estimate of drug-likeness (QED) is 0.898. The van der Waals surface area contributed by atoms with Gasteiger partial charge in [0.05, 0.1) is 0 Å². The minimum absolute atomic E-state index is 0.102. The summed E-state index contributed by atoms with van der Waals surface area (Å²) in [5, 5.41) is 15.6. The number of hydrogen-bond donors (Lipinski definition) is 1. The van der Waals surface area contributed by atoms with Gasteiger partial charge in [-0.25, -0.2) is 0 Å². The van der Waals surface area contributed by atoms with Crippen LogP contribution in [-0.2, 0) is 4.74 Å². The molecule has 114 valence electrons. The zero-order valence-electron chi connectivity index (χ0n) is 12.1. The normalized spacial score (nSPS) is 18.0. The maximum absolute atomic E-state index is 9.76. The Bertz CT molecular complexity index is 575. The average molecular weight is 308 g/mol. The Labute approximate surface area is 128 Å². The molecule has 3 rings (SSSR count). The number of thiophene rings is 1. The first-order chi connectivity index (χ1) is 10.3. The van der Waals surface area contributed by atoms with Gasteiger partial charge in [0.1, 0.15) is 16.7 Å². The molecule has 1 N–H and O–H groups in total. The van der Waals surface area contributed by atoms with Crippen LogP contribution in [0.3, 0.4) is 0 Å². The Morgan fingerprint density at radius 2 is 2.24 bits per heavy atom. The van der Waals surface area contributed by atoms with Gasteiger partial charge in [-0.1, -0.05) is 24.4 Å². The first kappa shape index (κ1) is 14.5. The molecule has 5 nitrogen and oxygen atoms in total. The number of nitrogens with zero attached hydrogens (tertiary/aromatic N) is 2. The maximum atomic E-state index is 9.76. The van der Waals surface area contributed by atoms with Crippen molar-refractivity contribution in [1.29, 1.82) is 0 Å². The highest BCUT2D eigenvalue weighted by molar-refractivity contribution is 7.13. The summed E-state index contributed by atoms with van der Waals surface area (Å²) in [6.45, 7) is 2.62. The van der Waals surface area contributed by atoms with Crippen molar-refractivity contribution in [2.24, 2.45) is 5.92 Å². The highest BCUT2D eigenvalue weighted by atomic mass is 32.1. The Balaban J connectivity index is 1.83. The van der Waals surface area contributed by atoms with Crippen LogP contribution in [0.15, 0.2) is 16.0 Å². The summed E-state index contributed by atoms with van der Waals surface area (Å²) in [6.07, 6.45) is 5.98. The van der Waals surface area contributed by atoms with Crippen LogP contribution >= 0.6 is 11.3 Å². The molecule has 1 aliphatic carbocycles. The number of ether oxygens (including phenoxy) is 1. The van der Waals surface area contributed by atoms with Crippen molar-refractivity contribution in [2.45, 2.75) is 45.1 Å². The van der Waals surface area contributed by atoms with Crippen LogP contribution in [0, 0.1) is 5.92 Å². The van der Waals surface area contributed by atoms with Crippen LogP contribution in [0.4, 0.5) is 0 Å². The van der Waals surface area contributed by atoms with E-state index >= 15 is 0 Å². The highest BCUT2D eigenvalue weighted by Gasteiger charge is 2.30. The predicted molar refractivity (Wildman–Crippen MR) is 80.2 cm³/mol. The standard InChI is InChI=1S/C15H20N2O3S/c1-2-19-12(10-6-4-3-5-7-10)14-16-15(20-17-14)13-11(18)8-9-21-13/h8-10,12,18H,2-7H2,1H3. The van der Waals surface area contributed by atoms with E-state index in [0.29, 0.717) is 29.1 Å². The summed E-state index contributed by atoms with van der Waals surface area (Å²) in [4.78, 5) is 5.07. The van der Waals surface area contributed by atoms with Crippen LogP contribution in [0.2, 0.25) is 0 Å². The first-order valence-electron chi connectivity index (χ1n) is 7.51. The first-order valence-corrected chi connectivity index (χ1v) is 8.39. The van der Waals surface area contributed by atoms with Crippen molar-refractivity contribution >= 4 is 11.3 Å². The van der Waals surface area contributed by atoms with E-state index in [1.165, 1.54) is 30.6 Å². The molecule has 2 aromatic rings. The predicted octanol–water partition coefficient (Wildman–Crippen LogP) is 4.16. The van der Waals surface area contributed by atoms with E-state index in [1.807, 2.05) is 6.92 Å². The van der Waals surface area contributed by atoms with E-state index in [9.17, 15) is 5.11 Å². The molecule has 1 aliphatic rings. The van der Waals surface area contributed by atoms with Crippen LogP contribution in [0.1, 0.15) is 51.0 Å². The van der Waals surface area contributed by atoms with Crippen molar-refractivity contribution in [1.82, 2.24) is 10.1 Å². The largest absolute Gasteiger partial charge is 0.506 e. The van der Waals surface area contributed by atoms with E-state index < -0.39 is 0 Å². The van der Waals surface area contributed by atoms with Gasteiger partial charge in [0, 0.05) is 6.61 Å². The van der Waals surface area contributed by atoms with Crippen LogP contribution in [0.5, 0.6) is 5.75 Å². The van der Waals surface area contributed by atoms with Crippen molar-refractivity contribution < 1.29 is 14.4 Å². The van der Waals surface area contributed by atoms with E-state index in [-0.39, 0.29) is 11.9 Å². The molecule has 1 atom stereocenters. The minimum atomic E-state index is -0.102. The molecule has 0 saturated heterocycles. The molecule has 2 heterocycles. The third kappa shape index (κ3) is 3.11. The molecule has 1 fully saturated rings. The second-order valence-electron chi connectivity index (χ2n) is 5.37. The van der Waals surface area contributed by atoms with Crippen molar-refractivity contribution in [3.05, 3.63) is 17.3 Å². The van der Waals surface area contributed by atoms with Gasteiger partial charge in [0.15, 0.2) is 0 Å². The second-order valence-corrected chi connectivity index (χ2v) is 6.28. The zero-order chi connectivity index (χ0) is 14.7. The van der Waals surface area contributed by atoms with Crippen LogP contribution in [0.25, 0.3) is 10.8 Å². The Morgan fingerprint density at radius 1 is 1.43 bits per heavy atom. The molecule has 6 heteroatoms. The minimum Gasteiger partial charge on any atom is -0.506 e. The summed E-state index contributed by atoms with van der Waals surface area (Å²) < 4.78 is 11.2. The third-order valence-corrected chi connectivity index (χ3v) is 4.85. The molecule has 21 heavy (non-hydrogen) atoms. The topological polar surface area (TPSA) is 68.4 Å². The van der Waals surface area contributed by atoms with E-state index in [1.54, 1.807) is 11.4 Å². The van der Waals surface area contributed by atoms with E-state index in [0.717, 1.165) is 12.8 Å². The van der Waals surface area contributed by atoms with Crippen molar-refractivity contribution in [3.63, 3.8) is 0 Å². The molecule has 0 aliphatic heterocycles. The Kier molecular flexibility index (Phi) is 4.55. The molecule has 0 bridgehead atoms. The fourth-order valence-corrected chi connectivity index (χ4v) is 3.65. The molecule has 0 spiro atoms. The maximum Gasteiger partial charge on any atom is 0.271 e. The van der Waals surface area contributed by atoms with Crippen LogP contribution < -0.4 is 0 Å². The van der Waals surface area contributed by atoms with Gasteiger partial charge in [0.2, 0.25) is 5.82 Å². The smallest absolute Gasteiger partial charge is 0.271 e. The number of aromatic nitrogens is 2. The number of rotatable bonds is 5. The van der Waals surface area contributed by atoms with Gasteiger partial charge in [-0.15, -0.1) is 11.3 Å². The van der Waals surface area contributed by atoms with Crippen molar-refractivity contribution in [2.75, 3.05) is 6.61 Å². The lowest BCUT2D eigenvalue weighted by Gasteiger charge is -2.27. The van der Waals surface area contributed by atoms with Gasteiger partial charge in [-0.3, -0.25) is 0 Å². The molecule has 0 radical (unpaired) electrons. The monoisotopic (exact) mass is 308 g/mol. The summed E-state index contributed by atoms with van der Waals surface area (Å²) in [5.74, 6) is 1.62. The number of aromatic hydroxyl groups is 1. The van der Waals surface area contributed by atoms with Gasteiger partial charge < -0.3 is 14.4 Å². The Morgan fingerprint density at radius 3 is 2.90 bits per heavy atom. The van der Waals surface area contributed by atoms with Gasteiger partial charge in [-0.2, -0.15) is 4.98 Å². The SMILES string of the molecule is CCOC(c1noc(-c2sccc2O)n1)C1CCCCC1. The fourth-order valence-electron chi connectivity index (χ4n) is 2.94. The number of hydrogen-bond acceptors (Lipinski definition) is 6. The molecule has 1 saturated carbocycles. The fraction of sp³-hybridized carbons (Fsp3) is 0.600. The molecule has 0 amide bonds. The van der Waals surface area contributed by atoms with E-state index in [2.05, 4.69) is 10.1 Å². The van der Waals surface area contributed by atoms with Crippen LogP contribution in [-0.4, -0.2) is 21.9 Å². The Hall–Kier alpha value is -1.40. The summed E-state index contributed by atoms with van der Waals surface area (Å²) >= 11 is 1.39. The average Bonchev–Trinajstić information content (AvgIpc) is 3.14. The lowest BCUT2D eigenvalue weighted by Crippen LogP contribution is -2.20. The molecular weight excluding hydrogens is 288 g/mol. The third-order valence-electron chi connectivity index (χ3n) is 3.96. The molecule has 0 aromatic carbocycles. The van der Waals surface area contributed by atoms with Gasteiger partial charge in [-0.05, 0) is 37.1 Å². The van der Waals surface area contributed by atoms with Crippen molar-refractivity contribution in [3.8, 4) is 16.5 Å². The molecule has 1 unspecified atom stereocenters. The highest BCUT2D eigenvalue weighted by Crippen LogP contribution is 2.38. The lowest BCUT2D eigenvalue weighted by atomic mass is 9.85. The molecular formula is C15H20N2O3S. The van der Waals surface area contributed by atoms with Gasteiger partial charge >= 0.3 is 0 Å². The van der Waals surface area contributed by atoms with Gasteiger partial charge in [0.25, 0.3) is 5.89 Å². The summed E-state index contributed by atoms with van der Waals surface area (Å²) in [5.41, 5.74) is 0. The second kappa shape index (κ2) is 6.58. The lowest BCUT2D eigenvalue weighted by molar-refractivity contribution is -0.00145. The summed E-state index contributed by atoms with van der Waals surface area (Å²) in [7, 11) is 0. The van der Waals surface area contributed by atoms with E-state index in [4.69, 9.17) is 9.26 Å². The summed E-state index contributed by atoms with van der Waals surface area (Å²) in [6, 6.07) is 1.63. The molecule has 2 aromatic heterocycles.